The maximum absolute atomic E-state index is 8.73. The average molecular weight is 201 g/mol. The summed E-state index contributed by atoms with van der Waals surface area (Å²) >= 11 is 0. The predicted octanol–water partition coefficient (Wildman–Crippen LogP) is 0.795. The van der Waals surface area contributed by atoms with Gasteiger partial charge in [-0.15, -0.1) is 0 Å². The molecule has 0 heterocycles. The number of aliphatic hydroxyl groups is 1. The van der Waals surface area contributed by atoms with Gasteiger partial charge in [-0.25, -0.2) is 0 Å². The molecule has 0 aliphatic heterocycles. The molecule has 0 aromatic heterocycles. The fourth-order valence-corrected chi connectivity index (χ4v) is 1.37. The summed E-state index contributed by atoms with van der Waals surface area (Å²) in [6, 6.07) is 0.494. The Labute approximate surface area is 86.6 Å². The second-order valence-corrected chi connectivity index (χ2v) is 3.84. The van der Waals surface area contributed by atoms with Crippen LogP contribution in [0.2, 0.25) is 0 Å². The van der Waals surface area contributed by atoms with Crippen molar-refractivity contribution in [2.75, 3.05) is 19.7 Å². The largest absolute Gasteiger partial charge is 0.396 e. The normalized spacial score (nSPS) is 11.2. The van der Waals surface area contributed by atoms with Gasteiger partial charge >= 0.3 is 0 Å². The summed E-state index contributed by atoms with van der Waals surface area (Å²) in [5.41, 5.74) is 5.28. The quantitative estimate of drug-likeness (QED) is 0.401. The molecule has 0 bridgehead atoms. The van der Waals surface area contributed by atoms with E-state index in [1.165, 1.54) is 0 Å². The topological polar surface area (TPSA) is 73.3 Å². The SMILES string of the molecule is CC(C)N(CCCO)CCCC(=N)N. The molecule has 84 valence electrons. The number of nitrogens with zero attached hydrogens (tertiary/aromatic N) is 1. The van der Waals surface area contributed by atoms with Crippen molar-refractivity contribution in [1.29, 1.82) is 5.41 Å². The van der Waals surface area contributed by atoms with Crippen molar-refractivity contribution in [2.45, 2.75) is 39.2 Å². The molecule has 4 nitrogen and oxygen atoms in total. The molecule has 0 spiro atoms. The number of aliphatic hydroxyl groups excluding tert-OH is 1. The Morgan fingerprint density at radius 3 is 2.36 bits per heavy atom. The molecule has 0 rings (SSSR count). The van der Waals surface area contributed by atoms with Crippen molar-refractivity contribution in [2.24, 2.45) is 5.73 Å². The van der Waals surface area contributed by atoms with Crippen LogP contribution in [0.4, 0.5) is 0 Å². The van der Waals surface area contributed by atoms with E-state index in [1.807, 2.05) is 0 Å². The second-order valence-electron chi connectivity index (χ2n) is 3.84. The lowest BCUT2D eigenvalue weighted by atomic mass is 10.2. The Hall–Kier alpha value is -0.610. The van der Waals surface area contributed by atoms with E-state index in [2.05, 4.69) is 18.7 Å². The zero-order chi connectivity index (χ0) is 11.0. The van der Waals surface area contributed by atoms with Gasteiger partial charge in [0.15, 0.2) is 0 Å². The smallest absolute Gasteiger partial charge is 0.0905 e. The lowest BCUT2D eigenvalue weighted by Gasteiger charge is -2.25. The van der Waals surface area contributed by atoms with Crippen LogP contribution in [-0.4, -0.2) is 41.6 Å². The first-order chi connectivity index (χ1) is 6.57. The van der Waals surface area contributed by atoms with Gasteiger partial charge < -0.3 is 15.7 Å². The van der Waals surface area contributed by atoms with Gasteiger partial charge in [0.05, 0.1) is 5.84 Å². The number of rotatable bonds is 8. The van der Waals surface area contributed by atoms with E-state index >= 15 is 0 Å². The number of nitrogens with one attached hydrogen (secondary N) is 1. The van der Waals surface area contributed by atoms with Crippen molar-refractivity contribution in [3.63, 3.8) is 0 Å². The van der Waals surface area contributed by atoms with Gasteiger partial charge in [0.1, 0.15) is 0 Å². The van der Waals surface area contributed by atoms with Crippen molar-refractivity contribution >= 4 is 5.84 Å². The lowest BCUT2D eigenvalue weighted by molar-refractivity contribution is 0.191. The van der Waals surface area contributed by atoms with E-state index in [0.29, 0.717) is 12.5 Å². The summed E-state index contributed by atoms with van der Waals surface area (Å²) in [6.45, 7) is 6.41. The molecular formula is C10H23N3O. The lowest BCUT2D eigenvalue weighted by Crippen LogP contribution is -2.33. The van der Waals surface area contributed by atoms with Gasteiger partial charge in [-0.3, -0.25) is 5.41 Å². The minimum atomic E-state index is 0.246. The molecule has 0 aromatic carbocycles. The van der Waals surface area contributed by atoms with E-state index in [4.69, 9.17) is 16.2 Å². The van der Waals surface area contributed by atoms with E-state index < -0.39 is 0 Å². The fourth-order valence-electron chi connectivity index (χ4n) is 1.37. The highest BCUT2D eigenvalue weighted by molar-refractivity contribution is 5.76. The van der Waals surface area contributed by atoms with Crippen molar-refractivity contribution in [1.82, 2.24) is 4.90 Å². The molecule has 0 saturated carbocycles. The maximum atomic E-state index is 8.73. The molecule has 0 amide bonds. The molecule has 14 heavy (non-hydrogen) atoms. The molecule has 0 saturated heterocycles. The molecule has 4 N–H and O–H groups in total. The van der Waals surface area contributed by atoms with Gasteiger partial charge in [0.25, 0.3) is 0 Å². The van der Waals surface area contributed by atoms with Gasteiger partial charge in [-0.05, 0) is 33.2 Å². The summed E-state index contributed by atoms with van der Waals surface area (Å²) in [5.74, 6) is 0.260. The monoisotopic (exact) mass is 201 g/mol. The maximum Gasteiger partial charge on any atom is 0.0905 e. The molecule has 0 fully saturated rings. The van der Waals surface area contributed by atoms with Crippen molar-refractivity contribution < 1.29 is 5.11 Å². The summed E-state index contributed by atoms with van der Waals surface area (Å²) in [7, 11) is 0. The van der Waals surface area contributed by atoms with Crippen LogP contribution in [0.15, 0.2) is 0 Å². The van der Waals surface area contributed by atoms with Crippen LogP contribution in [0, 0.1) is 5.41 Å². The molecule has 0 aliphatic carbocycles. The van der Waals surface area contributed by atoms with Crippen LogP contribution in [0.25, 0.3) is 0 Å². The van der Waals surface area contributed by atoms with Crippen molar-refractivity contribution in [3.8, 4) is 0 Å². The van der Waals surface area contributed by atoms with E-state index in [9.17, 15) is 0 Å². The number of hydrogen-bond donors (Lipinski definition) is 3. The third kappa shape index (κ3) is 6.86. The number of nitrogens with two attached hydrogens (primary N) is 1. The zero-order valence-corrected chi connectivity index (χ0v) is 9.29. The van der Waals surface area contributed by atoms with Crippen LogP contribution < -0.4 is 5.73 Å². The van der Waals surface area contributed by atoms with Gasteiger partial charge in [0, 0.05) is 25.6 Å². The molecule has 0 atom stereocenters. The Morgan fingerprint density at radius 2 is 1.93 bits per heavy atom. The Kier molecular flexibility index (Phi) is 7.42. The third-order valence-electron chi connectivity index (χ3n) is 2.23. The average Bonchev–Trinajstić information content (AvgIpc) is 2.09. The summed E-state index contributed by atoms with van der Waals surface area (Å²) < 4.78 is 0. The highest BCUT2D eigenvalue weighted by Crippen LogP contribution is 2.02. The second kappa shape index (κ2) is 7.76. The first kappa shape index (κ1) is 13.4. The van der Waals surface area contributed by atoms with Gasteiger partial charge in [0.2, 0.25) is 0 Å². The Bertz CT molecular complexity index is 159. The number of amidine groups is 1. The minimum absolute atomic E-state index is 0.246. The minimum Gasteiger partial charge on any atom is -0.396 e. The molecular weight excluding hydrogens is 178 g/mol. The molecule has 4 heteroatoms. The number of hydrogen-bond acceptors (Lipinski definition) is 3. The first-order valence-electron chi connectivity index (χ1n) is 5.25. The van der Waals surface area contributed by atoms with Gasteiger partial charge in [-0.1, -0.05) is 0 Å². The molecule has 0 unspecified atom stereocenters. The van der Waals surface area contributed by atoms with E-state index in [0.717, 1.165) is 25.9 Å². The van der Waals surface area contributed by atoms with Crippen LogP contribution in [-0.2, 0) is 0 Å². The van der Waals surface area contributed by atoms with Crippen LogP contribution in [0.1, 0.15) is 33.1 Å². The zero-order valence-electron chi connectivity index (χ0n) is 9.29. The van der Waals surface area contributed by atoms with Crippen molar-refractivity contribution in [3.05, 3.63) is 0 Å². The van der Waals surface area contributed by atoms with E-state index in [1.54, 1.807) is 0 Å². The Balaban J connectivity index is 3.67. The van der Waals surface area contributed by atoms with Crippen LogP contribution in [0.5, 0.6) is 0 Å². The summed E-state index contributed by atoms with van der Waals surface area (Å²) in [6.07, 6.45) is 2.42. The van der Waals surface area contributed by atoms with Gasteiger partial charge in [-0.2, -0.15) is 0 Å². The molecule has 0 radical (unpaired) electrons. The summed E-state index contributed by atoms with van der Waals surface area (Å²) in [4.78, 5) is 2.30. The van der Waals surface area contributed by atoms with Crippen LogP contribution >= 0.6 is 0 Å². The van der Waals surface area contributed by atoms with E-state index in [-0.39, 0.29) is 12.4 Å². The third-order valence-corrected chi connectivity index (χ3v) is 2.23. The highest BCUT2D eigenvalue weighted by Gasteiger charge is 2.08. The Morgan fingerprint density at radius 1 is 1.36 bits per heavy atom. The molecule has 0 aromatic rings. The highest BCUT2D eigenvalue weighted by atomic mass is 16.3. The van der Waals surface area contributed by atoms with Crippen LogP contribution in [0.3, 0.4) is 0 Å². The molecule has 0 aliphatic rings. The predicted molar refractivity (Wildman–Crippen MR) is 59.6 cm³/mol. The summed E-state index contributed by atoms with van der Waals surface area (Å²) in [5, 5.41) is 15.8. The fraction of sp³-hybridized carbons (Fsp3) is 0.900. The first-order valence-corrected chi connectivity index (χ1v) is 5.25. The standard InChI is InChI=1S/C10H23N3O/c1-9(2)13(7-4-8-14)6-3-5-10(11)12/h9,14H,3-8H2,1-2H3,(H3,11,12).